The Morgan fingerprint density at radius 1 is 1.29 bits per heavy atom. The Morgan fingerprint density at radius 3 is 2.57 bits per heavy atom. The SMILES string of the molecule is CO/C(Nc1ccncc1)=C1/C(C)=C([N+](=O)[O-])N[C@H](C(=O)O)c2ccccc21. The number of nitro groups is 1. The molecule has 144 valence electrons. The molecule has 0 aliphatic carbocycles. The van der Waals surface area contributed by atoms with Crippen LogP contribution < -0.4 is 10.6 Å². The molecular formula is C19H18N4O5. The van der Waals surface area contributed by atoms with Gasteiger partial charge >= 0.3 is 11.8 Å². The number of fused-ring (bicyclic) bond motifs is 1. The van der Waals surface area contributed by atoms with Gasteiger partial charge in [-0.15, -0.1) is 0 Å². The Balaban J connectivity index is 2.30. The first-order valence-electron chi connectivity index (χ1n) is 8.33. The Morgan fingerprint density at radius 2 is 1.96 bits per heavy atom. The molecule has 3 rings (SSSR count). The number of hydrogen-bond acceptors (Lipinski definition) is 7. The van der Waals surface area contributed by atoms with Gasteiger partial charge in [0.15, 0.2) is 5.88 Å². The molecule has 0 bridgehead atoms. The van der Waals surface area contributed by atoms with E-state index in [2.05, 4.69) is 15.6 Å². The van der Waals surface area contributed by atoms with Gasteiger partial charge in [-0.3, -0.25) is 10.3 Å². The highest BCUT2D eigenvalue weighted by Gasteiger charge is 2.36. The Hall–Kier alpha value is -3.88. The lowest BCUT2D eigenvalue weighted by Crippen LogP contribution is -2.30. The quantitative estimate of drug-likeness (QED) is 0.409. The average molecular weight is 382 g/mol. The summed E-state index contributed by atoms with van der Waals surface area (Å²) in [5, 5.41) is 26.9. The maximum atomic E-state index is 11.8. The first-order chi connectivity index (χ1) is 13.4. The van der Waals surface area contributed by atoms with Crippen molar-refractivity contribution < 1.29 is 19.6 Å². The van der Waals surface area contributed by atoms with Crippen LogP contribution in [0.2, 0.25) is 0 Å². The molecule has 2 heterocycles. The Kier molecular flexibility index (Phi) is 5.25. The Labute approximate surface area is 160 Å². The fourth-order valence-corrected chi connectivity index (χ4v) is 3.08. The molecule has 9 heteroatoms. The molecule has 9 nitrogen and oxygen atoms in total. The highest BCUT2D eigenvalue weighted by atomic mass is 16.6. The topological polar surface area (TPSA) is 127 Å². The van der Waals surface area contributed by atoms with E-state index in [1.54, 1.807) is 55.7 Å². The number of allylic oxidation sites excluding steroid dienone is 2. The second-order valence-corrected chi connectivity index (χ2v) is 6.00. The van der Waals surface area contributed by atoms with Crippen LogP contribution in [0.5, 0.6) is 0 Å². The van der Waals surface area contributed by atoms with Gasteiger partial charge in [-0.2, -0.15) is 0 Å². The number of ether oxygens (including phenoxy) is 1. The van der Waals surface area contributed by atoms with Crippen LogP contribution in [0.4, 0.5) is 5.69 Å². The number of pyridine rings is 1. The molecule has 28 heavy (non-hydrogen) atoms. The third-order valence-corrected chi connectivity index (χ3v) is 4.35. The summed E-state index contributed by atoms with van der Waals surface area (Å²) in [7, 11) is 1.44. The van der Waals surface area contributed by atoms with Crippen LogP contribution in [0, 0.1) is 10.1 Å². The van der Waals surface area contributed by atoms with Crippen LogP contribution in [0.25, 0.3) is 5.57 Å². The predicted molar refractivity (Wildman–Crippen MR) is 101 cm³/mol. The van der Waals surface area contributed by atoms with Gasteiger partial charge in [0, 0.05) is 23.6 Å². The van der Waals surface area contributed by atoms with Crippen molar-refractivity contribution in [3.63, 3.8) is 0 Å². The number of hydrogen-bond donors (Lipinski definition) is 3. The van der Waals surface area contributed by atoms with Gasteiger partial charge in [0.2, 0.25) is 6.04 Å². The van der Waals surface area contributed by atoms with Crippen molar-refractivity contribution in [2.45, 2.75) is 13.0 Å². The van der Waals surface area contributed by atoms with Gasteiger partial charge in [-0.1, -0.05) is 24.3 Å². The number of aromatic nitrogens is 1. The molecule has 0 spiro atoms. The molecular weight excluding hydrogens is 364 g/mol. The summed E-state index contributed by atoms with van der Waals surface area (Å²) in [5.41, 5.74) is 2.24. The van der Waals surface area contributed by atoms with E-state index in [0.717, 1.165) is 0 Å². The molecule has 0 amide bonds. The van der Waals surface area contributed by atoms with E-state index in [1.807, 2.05) is 0 Å². The largest absolute Gasteiger partial charge is 0.482 e. The van der Waals surface area contributed by atoms with E-state index in [0.29, 0.717) is 22.4 Å². The van der Waals surface area contributed by atoms with E-state index in [9.17, 15) is 20.0 Å². The van der Waals surface area contributed by atoms with E-state index in [1.165, 1.54) is 7.11 Å². The van der Waals surface area contributed by atoms with Crippen molar-refractivity contribution in [3.8, 4) is 0 Å². The monoisotopic (exact) mass is 382 g/mol. The molecule has 1 aliphatic rings. The minimum atomic E-state index is -1.27. The van der Waals surface area contributed by atoms with Crippen molar-refractivity contribution in [3.05, 3.63) is 87.3 Å². The van der Waals surface area contributed by atoms with Gasteiger partial charge in [-0.25, -0.2) is 4.79 Å². The fourth-order valence-electron chi connectivity index (χ4n) is 3.08. The molecule has 1 aromatic carbocycles. The zero-order valence-electron chi connectivity index (χ0n) is 15.2. The minimum absolute atomic E-state index is 0.250. The number of anilines is 1. The molecule has 3 N–H and O–H groups in total. The van der Waals surface area contributed by atoms with E-state index < -0.39 is 22.8 Å². The molecule has 1 aromatic heterocycles. The molecule has 1 aliphatic heterocycles. The number of carboxylic acids is 1. The zero-order valence-corrected chi connectivity index (χ0v) is 15.2. The molecule has 0 radical (unpaired) electrons. The summed E-state index contributed by atoms with van der Waals surface area (Å²) in [6, 6.07) is 8.91. The maximum Gasteiger partial charge on any atom is 0.353 e. The smallest absolute Gasteiger partial charge is 0.353 e. The van der Waals surface area contributed by atoms with Gasteiger partial charge in [0.25, 0.3) is 0 Å². The standard InChI is InChI=1S/C19H18N4O5/c1-11-15(18(28-2)21-12-7-9-20-10-8-12)13-5-3-4-6-14(13)16(19(24)25)22-17(11)23(26)27/h3-10,16,22H,1-2H3,(H,20,21)(H,24,25)/b18-15-/t16-/m0/s1. The predicted octanol–water partition coefficient (Wildman–Crippen LogP) is 2.75. The Bertz CT molecular complexity index is 985. The van der Waals surface area contributed by atoms with Gasteiger partial charge in [0.1, 0.15) is 0 Å². The highest BCUT2D eigenvalue weighted by molar-refractivity contribution is 5.88. The van der Waals surface area contributed by atoms with Crippen LogP contribution >= 0.6 is 0 Å². The number of nitrogens with zero attached hydrogens (tertiary/aromatic N) is 2. The van der Waals surface area contributed by atoms with Crippen molar-refractivity contribution in [1.82, 2.24) is 10.3 Å². The van der Waals surface area contributed by atoms with E-state index in [4.69, 9.17) is 4.74 Å². The van der Waals surface area contributed by atoms with Crippen molar-refractivity contribution >= 4 is 17.2 Å². The first kappa shape index (κ1) is 18.9. The fraction of sp³-hybridized carbons (Fsp3) is 0.158. The first-order valence-corrected chi connectivity index (χ1v) is 8.33. The molecule has 0 fully saturated rings. The lowest BCUT2D eigenvalue weighted by Gasteiger charge is -2.17. The summed E-state index contributed by atoms with van der Waals surface area (Å²) in [6.45, 7) is 1.55. The van der Waals surface area contributed by atoms with Crippen LogP contribution in [0.1, 0.15) is 24.1 Å². The summed E-state index contributed by atoms with van der Waals surface area (Å²) >= 11 is 0. The third-order valence-electron chi connectivity index (χ3n) is 4.35. The lowest BCUT2D eigenvalue weighted by molar-refractivity contribution is -0.433. The summed E-state index contributed by atoms with van der Waals surface area (Å²) in [6.07, 6.45) is 3.18. The van der Waals surface area contributed by atoms with Crippen molar-refractivity contribution in [1.29, 1.82) is 0 Å². The molecule has 0 saturated carbocycles. The maximum absolute atomic E-state index is 11.8. The van der Waals surface area contributed by atoms with Crippen LogP contribution in [0.15, 0.2) is 66.1 Å². The van der Waals surface area contributed by atoms with Crippen molar-refractivity contribution in [2.24, 2.45) is 0 Å². The van der Waals surface area contributed by atoms with E-state index >= 15 is 0 Å². The second-order valence-electron chi connectivity index (χ2n) is 6.00. The number of carbonyl (C=O) groups is 1. The molecule has 0 saturated heterocycles. The molecule has 1 atom stereocenters. The van der Waals surface area contributed by atoms with Gasteiger partial charge in [0.05, 0.1) is 18.3 Å². The van der Waals surface area contributed by atoms with E-state index in [-0.39, 0.29) is 11.5 Å². The van der Waals surface area contributed by atoms with Gasteiger partial charge in [-0.05, 0) is 29.5 Å². The number of carboxylic acid groups (broad SMARTS) is 1. The zero-order chi connectivity index (χ0) is 20.3. The number of rotatable bonds is 5. The minimum Gasteiger partial charge on any atom is -0.482 e. The van der Waals surface area contributed by atoms with Gasteiger partial charge < -0.3 is 25.3 Å². The number of methoxy groups -OCH3 is 1. The van der Waals surface area contributed by atoms with Crippen molar-refractivity contribution in [2.75, 3.05) is 12.4 Å². The second kappa shape index (κ2) is 7.78. The summed E-state index contributed by atoms with van der Waals surface area (Å²) in [5.74, 6) is -1.37. The summed E-state index contributed by atoms with van der Waals surface area (Å²) in [4.78, 5) is 26.8. The average Bonchev–Trinajstić information content (AvgIpc) is 2.81. The van der Waals surface area contributed by atoms with Crippen LogP contribution in [0.3, 0.4) is 0 Å². The third kappa shape index (κ3) is 3.50. The summed E-state index contributed by atoms with van der Waals surface area (Å²) < 4.78 is 5.52. The molecule has 0 unspecified atom stereocenters. The normalized spacial score (nSPS) is 17.7. The number of benzene rings is 1. The van der Waals surface area contributed by atoms with Crippen LogP contribution in [-0.2, 0) is 9.53 Å². The van der Waals surface area contributed by atoms with Crippen LogP contribution in [-0.4, -0.2) is 28.1 Å². The highest BCUT2D eigenvalue weighted by Crippen LogP contribution is 2.37. The molecule has 2 aromatic rings. The number of nitrogens with one attached hydrogen (secondary N) is 2. The lowest BCUT2D eigenvalue weighted by atomic mass is 9.93. The number of aliphatic carboxylic acids is 1.